The van der Waals surface area contributed by atoms with Crippen molar-refractivity contribution in [3.8, 4) is 0 Å². The fourth-order valence-corrected chi connectivity index (χ4v) is 1.87. The number of benzene rings is 1. The van der Waals surface area contributed by atoms with E-state index in [0.717, 1.165) is 0 Å². The van der Waals surface area contributed by atoms with Crippen molar-refractivity contribution in [2.75, 3.05) is 0 Å². The van der Waals surface area contributed by atoms with E-state index >= 15 is 0 Å². The predicted octanol–water partition coefficient (Wildman–Crippen LogP) is 5.28. The topological polar surface area (TPSA) is 0 Å². The summed E-state index contributed by atoms with van der Waals surface area (Å²) in [7, 11) is 0. The van der Waals surface area contributed by atoms with E-state index in [2.05, 4.69) is 49.4 Å². The van der Waals surface area contributed by atoms with Gasteiger partial charge in [-0.05, 0) is 26.0 Å². The summed E-state index contributed by atoms with van der Waals surface area (Å²) in [5.41, 5.74) is 0. The first-order valence-electron chi connectivity index (χ1n) is 5.38. The maximum atomic E-state index is 2.12. The quantitative estimate of drug-likeness (QED) is 0.493. The molecule has 0 aromatic heterocycles. The van der Waals surface area contributed by atoms with Crippen molar-refractivity contribution in [2.45, 2.75) is 32.6 Å². The molecular weight excluding hydrogens is 200 g/mol. The average molecular weight is 220 g/mol. The Labute approximate surface area is 98.1 Å². The molecule has 82 valence electrons. The molecule has 1 heteroatoms. The van der Waals surface area contributed by atoms with Crippen LogP contribution >= 0.6 is 11.8 Å². The third-order valence-electron chi connectivity index (χ3n) is 1.59. The van der Waals surface area contributed by atoms with Crippen molar-refractivity contribution in [1.82, 2.24) is 0 Å². The molecule has 0 fully saturated rings. The molecule has 15 heavy (non-hydrogen) atoms. The summed E-state index contributed by atoms with van der Waals surface area (Å²) in [5, 5.41) is 0. The number of thioether (sulfide) groups is 1. The van der Waals surface area contributed by atoms with Crippen LogP contribution in [-0.2, 0) is 0 Å². The Hall–Kier alpha value is -0.950. The van der Waals surface area contributed by atoms with Gasteiger partial charge in [-0.3, -0.25) is 0 Å². The second-order valence-corrected chi connectivity index (χ2v) is 3.75. The highest BCUT2D eigenvalue weighted by molar-refractivity contribution is 8.03. The Kier molecular flexibility index (Phi) is 8.99. The van der Waals surface area contributed by atoms with Gasteiger partial charge in [0.25, 0.3) is 0 Å². The lowest BCUT2D eigenvalue weighted by molar-refractivity contribution is 1.47. The van der Waals surface area contributed by atoms with Crippen molar-refractivity contribution < 1.29 is 0 Å². The van der Waals surface area contributed by atoms with Gasteiger partial charge in [0.15, 0.2) is 0 Å². The number of rotatable bonds is 3. The van der Waals surface area contributed by atoms with Gasteiger partial charge in [-0.2, -0.15) is 0 Å². The second kappa shape index (κ2) is 9.60. The van der Waals surface area contributed by atoms with Gasteiger partial charge in [0, 0.05) is 9.80 Å². The molecule has 0 unspecified atom stereocenters. The molecule has 0 aliphatic carbocycles. The molecule has 0 saturated heterocycles. The van der Waals surface area contributed by atoms with Crippen molar-refractivity contribution in [3.05, 3.63) is 53.5 Å². The maximum absolute atomic E-state index is 2.12. The lowest BCUT2D eigenvalue weighted by Gasteiger charge is -2.00. The Morgan fingerprint density at radius 1 is 1.07 bits per heavy atom. The zero-order chi connectivity index (χ0) is 11.5. The van der Waals surface area contributed by atoms with E-state index in [9.17, 15) is 0 Å². The van der Waals surface area contributed by atoms with Crippen LogP contribution in [0.3, 0.4) is 0 Å². The number of hydrogen-bond acceptors (Lipinski definition) is 1. The molecule has 0 radical (unpaired) electrons. The van der Waals surface area contributed by atoms with Gasteiger partial charge >= 0.3 is 0 Å². The number of hydrogen-bond donors (Lipinski definition) is 0. The molecule has 0 aliphatic heterocycles. The van der Waals surface area contributed by atoms with Crippen LogP contribution in [0.15, 0.2) is 58.4 Å². The lowest BCUT2D eigenvalue weighted by Crippen LogP contribution is -1.71. The molecule has 0 spiro atoms. The van der Waals surface area contributed by atoms with E-state index in [1.54, 1.807) is 11.8 Å². The minimum Gasteiger partial charge on any atom is -0.0905 e. The molecule has 0 saturated carbocycles. The molecule has 1 aromatic carbocycles. The van der Waals surface area contributed by atoms with Gasteiger partial charge in [-0.15, -0.1) is 0 Å². The van der Waals surface area contributed by atoms with E-state index < -0.39 is 0 Å². The summed E-state index contributed by atoms with van der Waals surface area (Å²) in [5.74, 6) is 0. The molecule has 1 rings (SSSR count). The van der Waals surface area contributed by atoms with Crippen LogP contribution in [-0.4, -0.2) is 0 Å². The average Bonchev–Trinajstić information content (AvgIpc) is 2.32. The fourth-order valence-electron chi connectivity index (χ4n) is 0.978. The predicted molar refractivity (Wildman–Crippen MR) is 72.2 cm³/mol. The third-order valence-corrected chi connectivity index (χ3v) is 2.71. The Bertz CT molecular complexity index is 296. The van der Waals surface area contributed by atoms with E-state index in [4.69, 9.17) is 0 Å². The van der Waals surface area contributed by atoms with Crippen LogP contribution in [0.25, 0.3) is 0 Å². The fraction of sp³-hybridized carbons (Fsp3) is 0.286. The summed E-state index contributed by atoms with van der Waals surface area (Å²) in [6.45, 7) is 8.10. The number of allylic oxidation sites excluding steroid dienone is 3. The van der Waals surface area contributed by atoms with Crippen LogP contribution in [0.2, 0.25) is 0 Å². The van der Waals surface area contributed by atoms with Gasteiger partial charge in [0.1, 0.15) is 0 Å². The first kappa shape index (κ1) is 14.1. The first-order valence-corrected chi connectivity index (χ1v) is 6.20. The molecule has 0 amide bonds. The van der Waals surface area contributed by atoms with Gasteiger partial charge in [0.2, 0.25) is 0 Å². The molecule has 0 aliphatic rings. The highest BCUT2D eigenvalue weighted by atomic mass is 32.2. The van der Waals surface area contributed by atoms with Crippen LogP contribution < -0.4 is 0 Å². The monoisotopic (exact) mass is 220 g/mol. The van der Waals surface area contributed by atoms with Crippen LogP contribution in [0.5, 0.6) is 0 Å². The molecule has 0 N–H and O–H groups in total. The van der Waals surface area contributed by atoms with Crippen molar-refractivity contribution in [1.29, 1.82) is 0 Å². The Morgan fingerprint density at radius 2 is 1.67 bits per heavy atom. The van der Waals surface area contributed by atoms with Crippen molar-refractivity contribution >= 4 is 11.8 Å². The molecule has 1 aromatic rings. The van der Waals surface area contributed by atoms with Gasteiger partial charge in [-0.1, -0.05) is 62.0 Å². The molecular formula is C14H20S. The smallest absolute Gasteiger partial charge is 0.0122 e. The normalized spacial score (nSPS) is 11.1. The molecule has 0 bridgehead atoms. The Balaban J connectivity index is 0.000000921. The van der Waals surface area contributed by atoms with Crippen molar-refractivity contribution in [3.63, 3.8) is 0 Å². The SMILES string of the molecule is C/C=C\C(=C/C)Sc1ccccc1.CC. The largest absolute Gasteiger partial charge is 0.0905 e. The van der Waals surface area contributed by atoms with E-state index in [-0.39, 0.29) is 0 Å². The first-order chi connectivity index (χ1) is 7.36. The highest BCUT2D eigenvalue weighted by Gasteiger charge is 1.93. The summed E-state index contributed by atoms with van der Waals surface area (Å²) in [4.78, 5) is 2.57. The maximum Gasteiger partial charge on any atom is 0.0122 e. The zero-order valence-electron chi connectivity index (χ0n) is 10.0. The zero-order valence-corrected chi connectivity index (χ0v) is 10.8. The third kappa shape index (κ3) is 6.19. The molecule has 0 heterocycles. The van der Waals surface area contributed by atoms with Gasteiger partial charge in [-0.25, -0.2) is 0 Å². The van der Waals surface area contributed by atoms with E-state index in [1.165, 1.54) is 9.80 Å². The van der Waals surface area contributed by atoms with Gasteiger partial charge < -0.3 is 0 Å². The summed E-state index contributed by atoms with van der Waals surface area (Å²) in [6.07, 6.45) is 6.31. The molecule has 0 atom stereocenters. The van der Waals surface area contributed by atoms with Crippen LogP contribution in [0.1, 0.15) is 27.7 Å². The summed E-state index contributed by atoms with van der Waals surface area (Å²) < 4.78 is 0. The molecule has 0 nitrogen and oxygen atoms in total. The minimum atomic E-state index is 1.29. The Morgan fingerprint density at radius 3 is 2.13 bits per heavy atom. The second-order valence-electron chi connectivity index (χ2n) is 2.61. The van der Waals surface area contributed by atoms with Crippen molar-refractivity contribution in [2.24, 2.45) is 0 Å². The minimum absolute atomic E-state index is 1.29. The summed E-state index contributed by atoms with van der Waals surface area (Å²) >= 11 is 1.79. The van der Waals surface area contributed by atoms with Gasteiger partial charge in [0.05, 0.1) is 0 Å². The standard InChI is InChI=1S/C12H14S.C2H6/c1-3-8-11(4-2)13-12-9-6-5-7-10-12;1-2/h3-10H,1-2H3;1-2H3/b8-3-,11-4+;. The van der Waals surface area contributed by atoms with E-state index in [0.29, 0.717) is 0 Å². The highest BCUT2D eigenvalue weighted by Crippen LogP contribution is 2.26. The van der Waals surface area contributed by atoms with E-state index in [1.807, 2.05) is 26.8 Å². The van der Waals surface area contributed by atoms with Crippen LogP contribution in [0, 0.1) is 0 Å². The summed E-state index contributed by atoms with van der Waals surface area (Å²) in [6, 6.07) is 10.4. The lowest BCUT2D eigenvalue weighted by atomic mass is 10.4. The van der Waals surface area contributed by atoms with Crippen LogP contribution in [0.4, 0.5) is 0 Å².